The first-order valence-corrected chi connectivity index (χ1v) is 9.36. The number of hydrogen-bond donors (Lipinski definition) is 1. The maximum absolute atomic E-state index is 5.72. The highest BCUT2D eigenvalue weighted by Crippen LogP contribution is 2.25. The second-order valence-electron chi connectivity index (χ2n) is 6.04. The Balaban J connectivity index is 1.94. The molecule has 0 aromatic heterocycles. The highest BCUT2D eigenvalue weighted by molar-refractivity contribution is 7.99. The highest BCUT2D eigenvalue weighted by Gasteiger charge is 2.18. The van der Waals surface area contributed by atoms with Crippen molar-refractivity contribution in [2.75, 3.05) is 24.7 Å². The van der Waals surface area contributed by atoms with Crippen molar-refractivity contribution < 1.29 is 4.74 Å². The van der Waals surface area contributed by atoms with Gasteiger partial charge in [0.2, 0.25) is 0 Å². The first kappa shape index (κ1) is 16.9. The lowest BCUT2D eigenvalue weighted by Crippen LogP contribution is -2.25. The van der Waals surface area contributed by atoms with Gasteiger partial charge < -0.3 is 10.1 Å². The van der Waals surface area contributed by atoms with Crippen molar-refractivity contribution in [3.05, 3.63) is 34.9 Å². The Hall–Kier alpha value is -0.510. The number of benzene rings is 1. The summed E-state index contributed by atoms with van der Waals surface area (Å²) in [7, 11) is 0. The predicted octanol–water partition coefficient (Wildman–Crippen LogP) is 4.26. The number of aryl methyl sites for hydroxylation is 2. The third kappa shape index (κ3) is 5.32. The van der Waals surface area contributed by atoms with Gasteiger partial charge in [-0.05, 0) is 50.8 Å². The lowest BCUT2D eigenvalue weighted by molar-refractivity contribution is 0.129. The number of nitrogens with one attached hydrogen (secondary N) is 1. The van der Waals surface area contributed by atoms with E-state index in [1.54, 1.807) is 0 Å². The molecule has 0 radical (unpaired) electrons. The maximum atomic E-state index is 5.72. The first-order valence-electron chi connectivity index (χ1n) is 8.20. The van der Waals surface area contributed by atoms with E-state index in [0.29, 0.717) is 12.1 Å². The topological polar surface area (TPSA) is 21.3 Å². The molecular weight excluding hydrogens is 278 g/mol. The zero-order chi connectivity index (χ0) is 15.1. The van der Waals surface area contributed by atoms with Crippen LogP contribution in [0.3, 0.4) is 0 Å². The molecule has 2 unspecified atom stereocenters. The molecule has 0 amide bonds. The summed E-state index contributed by atoms with van der Waals surface area (Å²) in [6, 6.07) is 7.25. The number of thioether (sulfide) groups is 1. The standard InChI is InChI=1S/C18H29NOS/c1-4-9-19-18(13-21-12-16-6-5-10-20-16)17-11-14(2)7-8-15(17)3/h7-8,11,16,18-19H,4-6,9-10,12-13H2,1-3H3. The van der Waals surface area contributed by atoms with E-state index < -0.39 is 0 Å². The van der Waals surface area contributed by atoms with Gasteiger partial charge in [0.15, 0.2) is 0 Å². The van der Waals surface area contributed by atoms with Crippen molar-refractivity contribution >= 4 is 11.8 Å². The molecule has 1 aromatic rings. The lowest BCUT2D eigenvalue weighted by atomic mass is 10.00. The summed E-state index contributed by atoms with van der Waals surface area (Å²) in [4.78, 5) is 0. The molecule has 1 aromatic carbocycles. The molecule has 1 fully saturated rings. The molecule has 1 heterocycles. The third-order valence-electron chi connectivity index (χ3n) is 4.06. The first-order chi connectivity index (χ1) is 10.2. The zero-order valence-corrected chi connectivity index (χ0v) is 14.5. The number of ether oxygens (including phenoxy) is 1. The van der Waals surface area contributed by atoms with Crippen molar-refractivity contribution in [3.63, 3.8) is 0 Å². The molecule has 2 atom stereocenters. The smallest absolute Gasteiger partial charge is 0.0666 e. The van der Waals surface area contributed by atoms with E-state index in [1.165, 1.54) is 36.0 Å². The van der Waals surface area contributed by atoms with Gasteiger partial charge in [-0.2, -0.15) is 11.8 Å². The minimum absolute atomic E-state index is 0.455. The highest BCUT2D eigenvalue weighted by atomic mass is 32.2. The van der Waals surface area contributed by atoms with Gasteiger partial charge >= 0.3 is 0 Å². The Morgan fingerprint density at radius 2 is 2.24 bits per heavy atom. The maximum Gasteiger partial charge on any atom is 0.0666 e. The molecule has 0 saturated carbocycles. The van der Waals surface area contributed by atoms with Gasteiger partial charge in [-0.15, -0.1) is 0 Å². The Kier molecular flexibility index (Phi) is 7.08. The van der Waals surface area contributed by atoms with Crippen LogP contribution in [-0.2, 0) is 4.74 Å². The monoisotopic (exact) mass is 307 g/mol. The van der Waals surface area contributed by atoms with E-state index in [1.807, 2.05) is 11.8 Å². The van der Waals surface area contributed by atoms with E-state index in [2.05, 4.69) is 44.3 Å². The largest absolute Gasteiger partial charge is 0.377 e. The molecule has 2 nitrogen and oxygen atoms in total. The van der Waals surface area contributed by atoms with Crippen LogP contribution in [0.1, 0.15) is 48.9 Å². The summed E-state index contributed by atoms with van der Waals surface area (Å²) in [5.74, 6) is 2.26. The SMILES string of the molecule is CCCNC(CSCC1CCCO1)c1cc(C)ccc1C. The van der Waals surface area contributed by atoms with E-state index >= 15 is 0 Å². The summed E-state index contributed by atoms with van der Waals surface area (Å²) < 4.78 is 5.72. The normalized spacial score (nSPS) is 19.9. The quantitative estimate of drug-likeness (QED) is 0.775. The fourth-order valence-electron chi connectivity index (χ4n) is 2.81. The van der Waals surface area contributed by atoms with Crippen LogP contribution < -0.4 is 5.32 Å². The van der Waals surface area contributed by atoms with Gasteiger partial charge in [0.1, 0.15) is 0 Å². The average molecular weight is 308 g/mol. The molecule has 0 spiro atoms. The van der Waals surface area contributed by atoms with Gasteiger partial charge in [0, 0.05) is 24.2 Å². The molecule has 0 aliphatic carbocycles. The van der Waals surface area contributed by atoms with Crippen LogP contribution >= 0.6 is 11.8 Å². The van der Waals surface area contributed by atoms with Crippen LogP contribution in [0.15, 0.2) is 18.2 Å². The van der Waals surface area contributed by atoms with Gasteiger partial charge in [0.05, 0.1) is 6.10 Å². The van der Waals surface area contributed by atoms with Crippen LogP contribution in [0.4, 0.5) is 0 Å². The number of hydrogen-bond acceptors (Lipinski definition) is 3. The molecule has 1 N–H and O–H groups in total. The summed E-state index contributed by atoms with van der Waals surface area (Å²) in [6.45, 7) is 8.67. The fraction of sp³-hybridized carbons (Fsp3) is 0.667. The van der Waals surface area contributed by atoms with Crippen molar-refractivity contribution in [2.24, 2.45) is 0 Å². The molecule has 0 bridgehead atoms. The van der Waals surface area contributed by atoms with Crippen molar-refractivity contribution in [2.45, 2.75) is 52.2 Å². The lowest BCUT2D eigenvalue weighted by Gasteiger charge is -2.22. The summed E-state index contributed by atoms with van der Waals surface area (Å²) in [5.41, 5.74) is 4.21. The van der Waals surface area contributed by atoms with E-state index in [-0.39, 0.29) is 0 Å². The summed E-state index contributed by atoms with van der Waals surface area (Å²) in [6.07, 6.45) is 4.14. The van der Waals surface area contributed by atoms with E-state index in [0.717, 1.165) is 24.7 Å². The Labute approximate surface area is 134 Å². The van der Waals surface area contributed by atoms with Crippen LogP contribution in [0.2, 0.25) is 0 Å². The summed E-state index contributed by atoms with van der Waals surface area (Å²) in [5, 5.41) is 3.72. The molecule has 118 valence electrons. The zero-order valence-electron chi connectivity index (χ0n) is 13.7. The fourth-order valence-corrected chi connectivity index (χ4v) is 4.00. The molecule has 3 heteroatoms. The summed E-state index contributed by atoms with van der Waals surface area (Å²) >= 11 is 2.03. The molecule has 1 aliphatic rings. The molecule has 21 heavy (non-hydrogen) atoms. The van der Waals surface area contributed by atoms with Crippen LogP contribution in [-0.4, -0.2) is 30.8 Å². The molecule has 2 rings (SSSR count). The number of rotatable bonds is 8. The third-order valence-corrected chi connectivity index (χ3v) is 5.24. The molecule has 1 aliphatic heterocycles. The second-order valence-corrected chi connectivity index (χ2v) is 7.11. The molecule has 1 saturated heterocycles. The van der Waals surface area contributed by atoms with Crippen LogP contribution in [0, 0.1) is 13.8 Å². The second kappa shape index (κ2) is 8.82. The molecular formula is C18H29NOS. The van der Waals surface area contributed by atoms with Gasteiger partial charge in [-0.25, -0.2) is 0 Å². The Morgan fingerprint density at radius 3 is 2.95 bits per heavy atom. The van der Waals surface area contributed by atoms with Gasteiger partial charge in [0.25, 0.3) is 0 Å². The average Bonchev–Trinajstić information content (AvgIpc) is 2.99. The predicted molar refractivity (Wildman–Crippen MR) is 93.2 cm³/mol. The minimum atomic E-state index is 0.455. The van der Waals surface area contributed by atoms with Crippen molar-refractivity contribution in [1.82, 2.24) is 5.32 Å². The Bertz CT molecular complexity index is 429. The van der Waals surface area contributed by atoms with Crippen LogP contribution in [0.5, 0.6) is 0 Å². The van der Waals surface area contributed by atoms with Gasteiger partial charge in [-0.3, -0.25) is 0 Å². The van der Waals surface area contributed by atoms with E-state index in [9.17, 15) is 0 Å². The van der Waals surface area contributed by atoms with Crippen molar-refractivity contribution in [3.8, 4) is 0 Å². The Morgan fingerprint density at radius 1 is 1.38 bits per heavy atom. The minimum Gasteiger partial charge on any atom is -0.377 e. The van der Waals surface area contributed by atoms with Crippen LogP contribution in [0.25, 0.3) is 0 Å². The van der Waals surface area contributed by atoms with E-state index in [4.69, 9.17) is 4.74 Å². The van der Waals surface area contributed by atoms with Gasteiger partial charge in [-0.1, -0.05) is 30.7 Å². The van der Waals surface area contributed by atoms with Crippen molar-refractivity contribution in [1.29, 1.82) is 0 Å².